The zero-order chi connectivity index (χ0) is 15.6. The van der Waals surface area contributed by atoms with E-state index in [1.807, 2.05) is 0 Å². The minimum absolute atomic E-state index is 0.284. The monoisotopic (exact) mass is 313 g/mol. The molecule has 1 aliphatic carbocycles. The molecule has 118 valence electrons. The summed E-state index contributed by atoms with van der Waals surface area (Å²) >= 11 is 1.65. The minimum atomic E-state index is -0.786. The van der Waals surface area contributed by atoms with Crippen LogP contribution in [0.25, 0.3) is 0 Å². The van der Waals surface area contributed by atoms with Crippen LogP contribution in [0.1, 0.15) is 40.0 Å². The zero-order valence-electron chi connectivity index (χ0n) is 13.0. The smallest absolute Gasteiger partial charge is 0.159 e. The van der Waals surface area contributed by atoms with Gasteiger partial charge in [0.15, 0.2) is 11.6 Å². The van der Waals surface area contributed by atoms with Gasteiger partial charge >= 0.3 is 0 Å². The summed E-state index contributed by atoms with van der Waals surface area (Å²) in [5.41, 5.74) is 6.19. The molecule has 1 nitrogen and oxygen atoms in total. The maximum atomic E-state index is 13.4. The van der Waals surface area contributed by atoms with E-state index in [2.05, 4.69) is 20.8 Å². The van der Waals surface area contributed by atoms with Crippen molar-refractivity contribution >= 4 is 11.8 Å². The largest absolute Gasteiger partial charge is 0.330 e. The second-order valence-electron chi connectivity index (χ2n) is 7.10. The molecular weight excluding hydrogens is 288 g/mol. The standard InChI is InChI=1S/C17H25F2NS/c1-17(2,3)12-5-4-11(10-20)16(8-12)21-13-6-7-14(18)15(19)9-13/h6-7,9,11-12,16H,4-5,8,10,20H2,1-3H3. The van der Waals surface area contributed by atoms with Crippen molar-refractivity contribution in [2.75, 3.05) is 6.54 Å². The van der Waals surface area contributed by atoms with Crippen molar-refractivity contribution in [2.24, 2.45) is 23.0 Å². The molecule has 0 amide bonds. The fraction of sp³-hybridized carbons (Fsp3) is 0.647. The van der Waals surface area contributed by atoms with Crippen molar-refractivity contribution in [3.8, 4) is 0 Å². The summed E-state index contributed by atoms with van der Waals surface area (Å²) in [6, 6.07) is 4.17. The molecule has 1 saturated carbocycles. The van der Waals surface area contributed by atoms with Crippen LogP contribution in [-0.2, 0) is 0 Å². The van der Waals surface area contributed by atoms with Crippen LogP contribution >= 0.6 is 11.8 Å². The molecule has 21 heavy (non-hydrogen) atoms. The Morgan fingerprint density at radius 3 is 2.48 bits per heavy atom. The summed E-state index contributed by atoms with van der Waals surface area (Å²) in [6.07, 6.45) is 3.43. The van der Waals surface area contributed by atoms with Crippen LogP contribution in [0.2, 0.25) is 0 Å². The van der Waals surface area contributed by atoms with E-state index in [9.17, 15) is 8.78 Å². The van der Waals surface area contributed by atoms with Crippen molar-refractivity contribution in [1.82, 2.24) is 0 Å². The Kier molecular flexibility index (Phi) is 5.31. The second-order valence-corrected chi connectivity index (χ2v) is 8.42. The lowest BCUT2D eigenvalue weighted by Gasteiger charge is -2.41. The van der Waals surface area contributed by atoms with Gasteiger partial charge in [0.25, 0.3) is 0 Å². The van der Waals surface area contributed by atoms with Crippen molar-refractivity contribution in [3.63, 3.8) is 0 Å². The Morgan fingerprint density at radius 2 is 1.90 bits per heavy atom. The first kappa shape index (κ1) is 16.8. The summed E-state index contributed by atoms with van der Waals surface area (Å²) in [5.74, 6) is -0.441. The number of nitrogens with two attached hydrogens (primary N) is 1. The van der Waals surface area contributed by atoms with Gasteiger partial charge in [-0.15, -0.1) is 11.8 Å². The third-order valence-corrected chi connectivity index (χ3v) is 6.04. The topological polar surface area (TPSA) is 26.0 Å². The van der Waals surface area contributed by atoms with Crippen LogP contribution in [0.3, 0.4) is 0 Å². The van der Waals surface area contributed by atoms with Gasteiger partial charge in [0.05, 0.1) is 0 Å². The van der Waals surface area contributed by atoms with Crippen LogP contribution in [-0.4, -0.2) is 11.8 Å². The molecule has 2 N–H and O–H groups in total. The normalized spacial score (nSPS) is 26.9. The SMILES string of the molecule is CC(C)(C)C1CCC(CN)C(Sc2ccc(F)c(F)c2)C1. The van der Waals surface area contributed by atoms with Gasteiger partial charge in [0, 0.05) is 10.1 Å². The molecule has 2 rings (SSSR count). The number of benzene rings is 1. The van der Waals surface area contributed by atoms with Gasteiger partial charge in [-0.1, -0.05) is 20.8 Å². The molecule has 0 saturated heterocycles. The van der Waals surface area contributed by atoms with Crippen molar-refractivity contribution in [3.05, 3.63) is 29.8 Å². The average Bonchev–Trinajstić information content (AvgIpc) is 2.42. The lowest BCUT2D eigenvalue weighted by Crippen LogP contribution is -2.36. The second kappa shape index (κ2) is 6.66. The van der Waals surface area contributed by atoms with E-state index in [0.717, 1.165) is 17.7 Å². The number of thioether (sulfide) groups is 1. The maximum Gasteiger partial charge on any atom is 0.159 e. The Morgan fingerprint density at radius 1 is 1.19 bits per heavy atom. The van der Waals surface area contributed by atoms with Crippen LogP contribution in [0.4, 0.5) is 8.78 Å². The highest BCUT2D eigenvalue weighted by Crippen LogP contribution is 2.45. The summed E-state index contributed by atoms with van der Waals surface area (Å²) in [5, 5.41) is 0.387. The van der Waals surface area contributed by atoms with Crippen molar-refractivity contribution in [1.29, 1.82) is 0 Å². The number of rotatable bonds is 3. The minimum Gasteiger partial charge on any atom is -0.330 e. The highest BCUT2D eigenvalue weighted by atomic mass is 32.2. The summed E-state index contributed by atoms with van der Waals surface area (Å²) in [7, 11) is 0. The van der Waals surface area contributed by atoms with Gasteiger partial charge in [-0.3, -0.25) is 0 Å². The fourth-order valence-electron chi connectivity index (χ4n) is 3.12. The van der Waals surface area contributed by atoms with E-state index >= 15 is 0 Å². The van der Waals surface area contributed by atoms with Crippen LogP contribution in [0.15, 0.2) is 23.1 Å². The average molecular weight is 313 g/mol. The van der Waals surface area contributed by atoms with Gasteiger partial charge in [-0.25, -0.2) is 8.78 Å². The van der Waals surface area contributed by atoms with Crippen molar-refractivity contribution in [2.45, 2.75) is 50.2 Å². The lowest BCUT2D eigenvalue weighted by atomic mass is 9.69. The van der Waals surface area contributed by atoms with E-state index in [0.29, 0.717) is 23.6 Å². The van der Waals surface area contributed by atoms with Gasteiger partial charge < -0.3 is 5.73 Å². The lowest BCUT2D eigenvalue weighted by molar-refractivity contribution is 0.157. The molecule has 0 radical (unpaired) electrons. The number of halogens is 2. The zero-order valence-corrected chi connectivity index (χ0v) is 13.9. The van der Waals surface area contributed by atoms with E-state index < -0.39 is 11.6 Å². The predicted molar refractivity (Wildman–Crippen MR) is 85.3 cm³/mol. The Bertz CT molecular complexity index is 484. The molecular formula is C17H25F2NS. The fourth-order valence-corrected chi connectivity index (χ4v) is 4.55. The van der Waals surface area contributed by atoms with Crippen LogP contribution in [0, 0.1) is 28.9 Å². The molecule has 1 aromatic rings. The third-order valence-electron chi connectivity index (χ3n) is 4.63. The summed E-state index contributed by atoms with van der Waals surface area (Å²) < 4.78 is 26.4. The third kappa shape index (κ3) is 4.19. The Hall–Kier alpha value is -0.610. The highest BCUT2D eigenvalue weighted by Gasteiger charge is 2.35. The maximum absolute atomic E-state index is 13.4. The molecule has 0 spiro atoms. The first-order valence-corrected chi connectivity index (χ1v) is 8.51. The molecule has 3 unspecified atom stereocenters. The molecule has 1 aromatic carbocycles. The molecule has 4 heteroatoms. The molecule has 0 aliphatic heterocycles. The first-order valence-electron chi connectivity index (χ1n) is 7.63. The molecule has 3 atom stereocenters. The molecule has 0 bridgehead atoms. The van der Waals surface area contributed by atoms with E-state index in [4.69, 9.17) is 5.73 Å². The van der Waals surface area contributed by atoms with Gasteiger partial charge in [0.1, 0.15) is 0 Å². The molecule has 1 aliphatic rings. The summed E-state index contributed by atoms with van der Waals surface area (Å²) in [6.45, 7) is 7.50. The quantitative estimate of drug-likeness (QED) is 0.863. The predicted octanol–water partition coefficient (Wildman–Crippen LogP) is 4.85. The Labute approximate surface area is 130 Å². The first-order chi connectivity index (χ1) is 9.81. The van der Waals surface area contributed by atoms with Gasteiger partial charge in [0.2, 0.25) is 0 Å². The van der Waals surface area contributed by atoms with E-state index in [1.54, 1.807) is 17.8 Å². The van der Waals surface area contributed by atoms with Gasteiger partial charge in [-0.2, -0.15) is 0 Å². The van der Waals surface area contributed by atoms with Crippen LogP contribution in [0.5, 0.6) is 0 Å². The van der Waals surface area contributed by atoms with Gasteiger partial charge in [-0.05, 0) is 61.3 Å². The van der Waals surface area contributed by atoms with Crippen molar-refractivity contribution < 1.29 is 8.78 Å². The Balaban J connectivity index is 2.12. The molecule has 0 aromatic heterocycles. The molecule has 0 heterocycles. The van der Waals surface area contributed by atoms with Crippen LogP contribution < -0.4 is 5.73 Å². The number of hydrogen-bond acceptors (Lipinski definition) is 2. The summed E-state index contributed by atoms with van der Waals surface area (Å²) in [4.78, 5) is 0.798. The van der Waals surface area contributed by atoms with E-state index in [-0.39, 0.29) is 5.41 Å². The number of hydrogen-bond donors (Lipinski definition) is 1. The van der Waals surface area contributed by atoms with E-state index in [1.165, 1.54) is 18.6 Å². The molecule has 1 fully saturated rings. The highest BCUT2D eigenvalue weighted by molar-refractivity contribution is 8.00.